The van der Waals surface area contributed by atoms with Crippen LogP contribution in [-0.2, 0) is 6.54 Å². The first-order valence-electron chi connectivity index (χ1n) is 3.57. The van der Waals surface area contributed by atoms with E-state index in [1.165, 1.54) is 4.57 Å². The van der Waals surface area contributed by atoms with Gasteiger partial charge >= 0.3 is 5.69 Å². The molecule has 0 aliphatic heterocycles. The molecule has 0 aliphatic rings. The van der Waals surface area contributed by atoms with Gasteiger partial charge in [-0.05, 0) is 13.0 Å². The molecular weight excluding hydrogens is 172 g/mol. The Labute approximate surface area is 75.4 Å². The van der Waals surface area contributed by atoms with Crippen LogP contribution in [0.4, 0.5) is 0 Å². The van der Waals surface area contributed by atoms with Crippen LogP contribution in [0.3, 0.4) is 0 Å². The van der Waals surface area contributed by atoms with Crippen molar-refractivity contribution in [3.63, 3.8) is 0 Å². The quantitative estimate of drug-likeness (QED) is 0.554. The summed E-state index contributed by atoms with van der Waals surface area (Å²) < 4.78 is 1.99. The number of nitrogens with zero attached hydrogens (tertiary/aromatic N) is 1. The van der Waals surface area contributed by atoms with E-state index in [1.807, 2.05) is 0 Å². The highest BCUT2D eigenvalue weighted by molar-refractivity contribution is 7.71. The highest BCUT2D eigenvalue weighted by atomic mass is 32.1. The van der Waals surface area contributed by atoms with Crippen molar-refractivity contribution in [1.82, 2.24) is 9.55 Å². The second-order valence-corrected chi connectivity index (χ2v) is 2.91. The van der Waals surface area contributed by atoms with Gasteiger partial charge in [0.05, 0.1) is 0 Å². The van der Waals surface area contributed by atoms with Crippen LogP contribution in [0.25, 0.3) is 0 Å². The number of aromatic nitrogens is 2. The third-order valence-electron chi connectivity index (χ3n) is 1.47. The van der Waals surface area contributed by atoms with E-state index in [-0.39, 0.29) is 5.69 Å². The molecular formula is C8H10N2OS. The van der Waals surface area contributed by atoms with Crippen molar-refractivity contribution in [3.8, 4) is 0 Å². The van der Waals surface area contributed by atoms with Crippen LogP contribution in [0.2, 0.25) is 0 Å². The molecule has 0 saturated carbocycles. The molecule has 0 radical (unpaired) electrons. The Morgan fingerprint density at radius 3 is 3.00 bits per heavy atom. The Kier molecular flexibility index (Phi) is 2.60. The topological polar surface area (TPSA) is 37.8 Å². The lowest BCUT2D eigenvalue weighted by Gasteiger charge is -2.01. The van der Waals surface area contributed by atoms with Gasteiger partial charge in [-0.1, -0.05) is 18.3 Å². The van der Waals surface area contributed by atoms with Crippen molar-refractivity contribution in [2.75, 3.05) is 0 Å². The molecule has 0 atom stereocenters. The molecule has 4 heteroatoms. The summed E-state index contributed by atoms with van der Waals surface area (Å²) in [6.45, 7) is 5.79. The molecule has 0 aliphatic carbocycles. The van der Waals surface area contributed by atoms with Crippen molar-refractivity contribution in [3.05, 3.63) is 39.5 Å². The lowest BCUT2D eigenvalue weighted by molar-refractivity contribution is 0.726. The fourth-order valence-corrected chi connectivity index (χ4v) is 1.27. The van der Waals surface area contributed by atoms with Gasteiger partial charge in [-0.25, -0.2) is 4.79 Å². The second kappa shape index (κ2) is 3.49. The summed E-state index contributed by atoms with van der Waals surface area (Å²) >= 11 is 4.99. The molecule has 0 fully saturated rings. The van der Waals surface area contributed by atoms with Gasteiger partial charge in [0, 0.05) is 12.2 Å². The van der Waals surface area contributed by atoms with E-state index in [0.717, 1.165) is 5.69 Å². The van der Waals surface area contributed by atoms with E-state index in [0.29, 0.717) is 11.2 Å². The minimum Gasteiger partial charge on any atom is -0.311 e. The third kappa shape index (κ3) is 1.71. The Morgan fingerprint density at radius 1 is 1.83 bits per heavy atom. The molecule has 0 aromatic carbocycles. The standard InChI is InChI=1S/C8H10N2OS/c1-3-4-10-7(12)5-6(2)9-8(10)11/h3,5H,1,4H2,2H3,(H,9,11). The van der Waals surface area contributed by atoms with Gasteiger partial charge in [-0.15, -0.1) is 6.58 Å². The molecule has 64 valence electrons. The Hall–Kier alpha value is -1.16. The first-order valence-corrected chi connectivity index (χ1v) is 3.97. The molecule has 0 unspecified atom stereocenters. The molecule has 1 heterocycles. The minimum atomic E-state index is -0.181. The average molecular weight is 182 g/mol. The molecule has 0 saturated heterocycles. The second-order valence-electron chi connectivity index (χ2n) is 2.50. The van der Waals surface area contributed by atoms with Crippen molar-refractivity contribution in [2.24, 2.45) is 0 Å². The van der Waals surface area contributed by atoms with Crippen molar-refractivity contribution >= 4 is 12.2 Å². The number of allylic oxidation sites excluding steroid dienone is 1. The number of nitrogens with one attached hydrogen (secondary N) is 1. The maximum Gasteiger partial charge on any atom is 0.326 e. The van der Waals surface area contributed by atoms with Gasteiger partial charge < -0.3 is 4.98 Å². The van der Waals surface area contributed by atoms with Crippen LogP contribution in [0, 0.1) is 11.6 Å². The number of hydrogen-bond donors (Lipinski definition) is 1. The largest absolute Gasteiger partial charge is 0.326 e. The normalized spacial score (nSPS) is 9.75. The highest BCUT2D eigenvalue weighted by Crippen LogP contribution is 1.91. The van der Waals surface area contributed by atoms with Gasteiger partial charge in [-0.2, -0.15) is 0 Å². The summed E-state index contributed by atoms with van der Waals surface area (Å²) in [4.78, 5) is 13.9. The molecule has 0 amide bonds. The van der Waals surface area contributed by atoms with Gasteiger partial charge in [0.1, 0.15) is 4.64 Å². The van der Waals surface area contributed by atoms with E-state index in [9.17, 15) is 4.79 Å². The molecule has 1 rings (SSSR count). The Bertz CT molecular complexity index is 371. The van der Waals surface area contributed by atoms with Crippen LogP contribution in [0.5, 0.6) is 0 Å². The zero-order chi connectivity index (χ0) is 9.14. The summed E-state index contributed by atoms with van der Waals surface area (Å²) in [6.07, 6.45) is 1.64. The number of aryl methyl sites for hydroxylation is 1. The molecule has 1 aromatic heterocycles. The Morgan fingerprint density at radius 2 is 2.50 bits per heavy atom. The zero-order valence-corrected chi connectivity index (χ0v) is 7.65. The SMILES string of the molecule is C=CCn1c(=S)cc(C)[nH]c1=O. The molecule has 1 N–H and O–H groups in total. The number of hydrogen-bond acceptors (Lipinski definition) is 2. The van der Waals surface area contributed by atoms with Crippen LogP contribution >= 0.6 is 12.2 Å². The lowest BCUT2D eigenvalue weighted by Crippen LogP contribution is -2.23. The molecule has 3 nitrogen and oxygen atoms in total. The summed E-state index contributed by atoms with van der Waals surface area (Å²) in [7, 11) is 0. The van der Waals surface area contributed by atoms with Crippen molar-refractivity contribution < 1.29 is 0 Å². The lowest BCUT2D eigenvalue weighted by atomic mass is 10.4. The summed E-state index contributed by atoms with van der Waals surface area (Å²) in [5.41, 5.74) is 0.602. The number of aromatic amines is 1. The highest BCUT2D eigenvalue weighted by Gasteiger charge is 1.95. The average Bonchev–Trinajstić information content (AvgIpc) is 1.96. The number of rotatable bonds is 2. The van der Waals surface area contributed by atoms with Crippen molar-refractivity contribution in [2.45, 2.75) is 13.5 Å². The molecule has 0 bridgehead atoms. The predicted octanol–water partition coefficient (Wildman–Crippen LogP) is 1.40. The summed E-state index contributed by atoms with van der Waals surface area (Å²) in [5, 5.41) is 0. The summed E-state index contributed by atoms with van der Waals surface area (Å²) in [5.74, 6) is 0. The fraction of sp³-hybridized carbons (Fsp3) is 0.250. The monoisotopic (exact) mass is 182 g/mol. The maximum atomic E-state index is 11.2. The van der Waals surface area contributed by atoms with E-state index in [4.69, 9.17) is 12.2 Å². The van der Waals surface area contributed by atoms with Crippen LogP contribution in [0.1, 0.15) is 5.69 Å². The first kappa shape index (κ1) is 8.93. The van der Waals surface area contributed by atoms with Crippen molar-refractivity contribution in [1.29, 1.82) is 0 Å². The van der Waals surface area contributed by atoms with E-state index >= 15 is 0 Å². The fourth-order valence-electron chi connectivity index (χ4n) is 0.937. The van der Waals surface area contributed by atoms with Gasteiger partial charge in [0.15, 0.2) is 0 Å². The molecule has 1 aromatic rings. The zero-order valence-electron chi connectivity index (χ0n) is 6.83. The van der Waals surface area contributed by atoms with Crippen LogP contribution < -0.4 is 5.69 Å². The van der Waals surface area contributed by atoms with E-state index < -0.39 is 0 Å². The predicted molar refractivity (Wildman–Crippen MR) is 50.8 cm³/mol. The van der Waals surface area contributed by atoms with E-state index in [2.05, 4.69) is 11.6 Å². The molecule has 12 heavy (non-hydrogen) atoms. The van der Waals surface area contributed by atoms with Crippen LogP contribution in [0.15, 0.2) is 23.5 Å². The van der Waals surface area contributed by atoms with Crippen LogP contribution in [-0.4, -0.2) is 9.55 Å². The third-order valence-corrected chi connectivity index (χ3v) is 1.81. The van der Waals surface area contributed by atoms with Gasteiger partial charge in [0.2, 0.25) is 0 Å². The van der Waals surface area contributed by atoms with Gasteiger partial charge in [-0.3, -0.25) is 4.57 Å². The maximum absolute atomic E-state index is 11.2. The minimum absolute atomic E-state index is 0.181. The number of H-pyrrole nitrogens is 1. The van der Waals surface area contributed by atoms with Gasteiger partial charge in [0.25, 0.3) is 0 Å². The summed E-state index contributed by atoms with van der Waals surface area (Å²) in [6, 6.07) is 1.75. The van der Waals surface area contributed by atoms with E-state index in [1.54, 1.807) is 19.1 Å². The first-order chi connectivity index (χ1) is 5.65. The smallest absolute Gasteiger partial charge is 0.311 e. The molecule has 0 spiro atoms. The Balaban J connectivity index is 3.38.